The number of nitrogens with zero attached hydrogens (tertiary/aromatic N) is 4. The van der Waals surface area contributed by atoms with Gasteiger partial charge in [-0.15, -0.1) is 0 Å². The van der Waals surface area contributed by atoms with Crippen molar-refractivity contribution >= 4 is 44.2 Å². The highest BCUT2D eigenvalue weighted by Gasteiger charge is 2.49. The lowest BCUT2D eigenvalue weighted by atomic mass is 9.75. The standard InChI is InChI=1S/C47H48N4O3/c1-10-50-35-25-21-29-16-12-14-18-33(29)40(35)46(4,5)37(50)27-23-31-20-24-32(38(31)39-43(52)48(8)45(54)49(9)44(39)53)28(3)42-47(6,7)41-34-19-15-13-17-30(34)22-26-36(41)51(42)11-2/h12-19,21-23,25-27H,3,10-11,20,24H2,1-2,4-9H3/b31-23+,37-27+. The Morgan fingerprint density at radius 2 is 1.44 bits per heavy atom. The molecule has 274 valence electrons. The van der Waals surface area contributed by atoms with Gasteiger partial charge in [0.2, 0.25) is 5.69 Å². The SMILES string of the molecule is C=C(C1=C(c2c([O-])n(C)c(=O)n(C)c2=O)/C(=C/C=C2/N(CC)c3ccc4ccccc4c3C2(C)C)CC1)C1=[N+](CC)c2ccc3ccccc3c2C1(C)C. The number of likely N-dealkylation sites (N-methyl/N-ethyl adjacent to an activating group) is 1. The molecule has 0 unspecified atom stereocenters. The maximum absolute atomic E-state index is 14.1. The molecule has 4 aromatic carbocycles. The highest BCUT2D eigenvalue weighted by molar-refractivity contribution is 6.14. The Morgan fingerprint density at radius 3 is 2.09 bits per heavy atom. The topological polar surface area (TPSA) is 73.3 Å². The number of allylic oxidation sites excluding steroid dienone is 7. The summed E-state index contributed by atoms with van der Waals surface area (Å²) in [6, 6.07) is 25.8. The van der Waals surface area contributed by atoms with E-state index in [4.69, 9.17) is 6.58 Å². The highest BCUT2D eigenvalue weighted by atomic mass is 16.3. The van der Waals surface area contributed by atoms with Crippen LogP contribution in [0.25, 0.3) is 27.1 Å². The van der Waals surface area contributed by atoms with E-state index >= 15 is 0 Å². The first-order valence-corrected chi connectivity index (χ1v) is 19.0. The minimum atomic E-state index is -0.637. The maximum atomic E-state index is 14.1. The van der Waals surface area contributed by atoms with Crippen molar-refractivity contribution in [1.29, 1.82) is 0 Å². The van der Waals surface area contributed by atoms with Crippen LogP contribution in [-0.4, -0.2) is 32.5 Å². The van der Waals surface area contributed by atoms with E-state index in [9.17, 15) is 14.7 Å². The summed E-state index contributed by atoms with van der Waals surface area (Å²) in [6.07, 6.45) is 5.52. The number of anilines is 1. The average molecular weight is 717 g/mol. The number of rotatable bonds is 6. The van der Waals surface area contributed by atoms with Gasteiger partial charge in [0.15, 0.2) is 5.71 Å². The zero-order chi connectivity index (χ0) is 38.4. The van der Waals surface area contributed by atoms with Gasteiger partial charge in [0, 0.05) is 54.6 Å². The quantitative estimate of drug-likeness (QED) is 0.166. The van der Waals surface area contributed by atoms with Gasteiger partial charge in [-0.1, -0.05) is 81.1 Å². The second-order valence-electron chi connectivity index (χ2n) is 15.9. The summed E-state index contributed by atoms with van der Waals surface area (Å²) in [7, 11) is 2.89. The summed E-state index contributed by atoms with van der Waals surface area (Å²) >= 11 is 0. The van der Waals surface area contributed by atoms with Crippen molar-refractivity contribution in [2.45, 2.75) is 65.2 Å². The van der Waals surface area contributed by atoms with E-state index in [-0.39, 0.29) is 11.0 Å². The largest absolute Gasteiger partial charge is 0.859 e. The van der Waals surface area contributed by atoms with Crippen molar-refractivity contribution in [2.24, 2.45) is 14.1 Å². The van der Waals surface area contributed by atoms with Crippen LogP contribution >= 0.6 is 0 Å². The lowest BCUT2D eigenvalue weighted by molar-refractivity contribution is -0.433. The van der Waals surface area contributed by atoms with Crippen LogP contribution in [0.15, 0.2) is 124 Å². The van der Waals surface area contributed by atoms with E-state index in [0.29, 0.717) is 18.4 Å². The van der Waals surface area contributed by atoms with Crippen LogP contribution in [0.3, 0.4) is 0 Å². The van der Waals surface area contributed by atoms with Gasteiger partial charge in [0.05, 0.1) is 11.0 Å². The Hall–Kier alpha value is -5.69. The molecule has 0 saturated heterocycles. The van der Waals surface area contributed by atoms with Gasteiger partial charge in [-0.2, -0.15) is 4.58 Å². The van der Waals surface area contributed by atoms with E-state index in [0.717, 1.165) is 56.0 Å². The van der Waals surface area contributed by atoms with E-state index in [1.54, 1.807) is 0 Å². The highest BCUT2D eigenvalue weighted by Crippen LogP contribution is 2.52. The molecule has 7 heteroatoms. The molecular formula is C47H48N4O3. The van der Waals surface area contributed by atoms with Crippen LogP contribution in [0, 0.1) is 0 Å². The van der Waals surface area contributed by atoms with Crippen LogP contribution in [0.5, 0.6) is 5.88 Å². The zero-order valence-corrected chi connectivity index (χ0v) is 32.6. The van der Waals surface area contributed by atoms with Gasteiger partial charge in [-0.3, -0.25) is 9.36 Å². The van der Waals surface area contributed by atoms with E-state index in [2.05, 4.69) is 136 Å². The van der Waals surface area contributed by atoms with E-state index < -0.39 is 22.5 Å². The summed E-state index contributed by atoms with van der Waals surface area (Å²) in [6.45, 7) is 19.7. The van der Waals surface area contributed by atoms with Crippen LogP contribution < -0.4 is 21.3 Å². The second kappa shape index (κ2) is 12.4. The van der Waals surface area contributed by atoms with Crippen LogP contribution in [0.4, 0.5) is 11.4 Å². The van der Waals surface area contributed by atoms with Gasteiger partial charge in [-0.05, 0) is 108 Å². The minimum Gasteiger partial charge on any atom is -0.859 e. The molecule has 8 rings (SSSR count). The first-order chi connectivity index (χ1) is 25.7. The molecule has 54 heavy (non-hydrogen) atoms. The number of fused-ring (bicyclic) bond motifs is 6. The van der Waals surface area contributed by atoms with Gasteiger partial charge < -0.3 is 14.6 Å². The molecule has 0 atom stereocenters. The van der Waals surface area contributed by atoms with Gasteiger partial charge >= 0.3 is 5.69 Å². The fourth-order valence-electron chi connectivity index (χ4n) is 9.81. The normalized spacial score (nSPS) is 18.9. The van der Waals surface area contributed by atoms with Crippen LogP contribution in [-0.2, 0) is 24.9 Å². The zero-order valence-electron chi connectivity index (χ0n) is 32.6. The lowest BCUT2D eigenvalue weighted by Gasteiger charge is -2.26. The van der Waals surface area contributed by atoms with Crippen LogP contribution in [0.1, 0.15) is 71.1 Å². The summed E-state index contributed by atoms with van der Waals surface area (Å²) in [4.78, 5) is 29.5. The molecule has 5 aromatic rings. The predicted molar refractivity (Wildman–Crippen MR) is 220 cm³/mol. The fraction of sp³-hybridized carbons (Fsp3) is 0.298. The Bertz CT molecular complexity index is 2730. The Morgan fingerprint density at radius 1 is 0.815 bits per heavy atom. The van der Waals surface area contributed by atoms with Gasteiger partial charge in [0.25, 0.3) is 5.56 Å². The lowest BCUT2D eigenvalue weighted by Crippen LogP contribution is -2.40. The number of hydrogen-bond donors (Lipinski definition) is 0. The minimum absolute atomic E-state index is 0.0209. The van der Waals surface area contributed by atoms with Crippen molar-refractivity contribution in [3.63, 3.8) is 0 Å². The smallest absolute Gasteiger partial charge is 0.329 e. The summed E-state index contributed by atoms with van der Waals surface area (Å²) in [5, 5.41) is 18.9. The van der Waals surface area contributed by atoms with Crippen molar-refractivity contribution < 1.29 is 9.68 Å². The molecule has 0 radical (unpaired) electrons. The molecule has 3 heterocycles. The number of benzene rings is 4. The molecule has 0 bridgehead atoms. The first-order valence-electron chi connectivity index (χ1n) is 19.0. The average Bonchev–Trinajstić information content (AvgIpc) is 3.76. The molecule has 0 saturated carbocycles. The Kier molecular flexibility index (Phi) is 8.14. The second-order valence-corrected chi connectivity index (χ2v) is 15.9. The molecule has 1 aliphatic carbocycles. The summed E-state index contributed by atoms with van der Waals surface area (Å²) in [5.41, 5.74) is 8.35. The predicted octanol–water partition coefficient (Wildman–Crippen LogP) is 8.29. The Balaban J connectivity index is 1.35. The van der Waals surface area contributed by atoms with Crippen molar-refractivity contribution in [3.8, 4) is 5.88 Å². The van der Waals surface area contributed by atoms with E-state index in [1.165, 1.54) is 52.5 Å². The third kappa shape index (κ3) is 4.83. The van der Waals surface area contributed by atoms with E-state index in [1.807, 2.05) is 0 Å². The van der Waals surface area contributed by atoms with Crippen molar-refractivity contribution in [1.82, 2.24) is 9.13 Å². The number of hydrogen-bond acceptors (Lipinski definition) is 4. The molecule has 2 aliphatic heterocycles. The third-order valence-electron chi connectivity index (χ3n) is 12.3. The molecule has 1 aromatic heterocycles. The summed E-state index contributed by atoms with van der Waals surface area (Å²) < 4.78 is 4.44. The number of aromatic nitrogens is 2. The molecule has 0 amide bonds. The molecule has 7 nitrogen and oxygen atoms in total. The van der Waals surface area contributed by atoms with Gasteiger partial charge in [-0.25, -0.2) is 4.79 Å². The summed E-state index contributed by atoms with van der Waals surface area (Å²) in [5.74, 6) is -0.587. The van der Waals surface area contributed by atoms with Gasteiger partial charge in [0.1, 0.15) is 6.54 Å². The fourth-order valence-corrected chi connectivity index (χ4v) is 9.81. The molecular weight excluding hydrogens is 669 g/mol. The molecule has 0 spiro atoms. The van der Waals surface area contributed by atoms with Crippen molar-refractivity contribution in [3.05, 3.63) is 151 Å². The molecule has 3 aliphatic rings. The first kappa shape index (κ1) is 35.3. The molecule has 0 N–H and O–H groups in total. The van der Waals surface area contributed by atoms with Crippen LogP contribution in [0.2, 0.25) is 0 Å². The third-order valence-corrected chi connectivity index (χ3v) is 12.3. The monoisotopic (exact) mass is 716 g/mol. The maximum Gasteiger partial charge on any atom is 0.329 e. The van der Waals surface area contributed by atoms with Crippen molar-refractivity contribution in [2.75, 3.05) is 18.0 Å². The molecule has 0 fully saturated rings. The Labute approximate surface area is 316 Å².